The number of aromatic nitrogens is 1. The zero-order valence-corrected chi connectivity index (χ0v) is 23.0. The number of aliphatic hydroxyl groups is 2. The number of benzene rings is 3. The van der Waals surface area contributed by atoms with Crippen molar-refractivity contribution < 1.29 is 36.6 Å². The summed E-state index contributed by atoms with van der Waals surface area (Å²) in [5.41, 5.74) is -0.662. The van der Waals surface area contributed by atoms with Crippen molar-refractivity contribution in [1.82, 2.24) is 4.98 Å². The lowest BCUT2D eigenvalue weighted by molar-refractivity contribution is -0.151. The van der Waals surface area contributed by atoms with E-state index in [1.54, 1.807) is 24.3 Å². The van der Waals surface area contributed by atoms with E-state index >= 15 is 0 Å². The Morgan fingerprint density at radius 3 is 2.44 bits per heavy atom. The Hall–Kier alpha value is -3.38. The van der Waals surface area contributed by atoms with Gasteiger partial charge in [0, 0.05) is 17.3 Å². The number of sulfone groups is 1. The Labute approximate surface area is 238 Å². The van der Waals surface area contributed by atoms with E-state index in [1.165, 1.54) is 18.2 Å². The molecule has 4 aromatic rings. The second-order valence-electron chi connectivity index (χ2n) is 10.6. The minimum atomic E-state index is -4.07. The molecule has 0 aliphatic heterocycles. The third-order valence-electron chi connectivity index (χ3n) is 8.36. The van der Waals surface area contributed by atoms with Gasteiger partial charge in [-0.15, -0.1) is 0 Å². The molecule has 0 radical (unpaired) electrons. The Morgan fingerprint density at radius 2 is 1.76 bits per heavy atom. The molecule has 2 aliphatic carbocycles. The van der Waals surface area contributed by atoms with E-state index in [9.17, 15) is 32.2 Å². The molecule has 2 saturated carbocycles. The quantitative estimate of drug-likeness (QED) is 0.268. The van der Waals surface area contributed by atoms with Crippen LogP contribution in [0.1, 0.15) is 48.0 Å². The number of carbonyl (C=O) groups is 1. The zero-order valence-electron chi connectivity index (χ0n) is 21.4. The van der Waals surface area contributed by atoms with Gasteiger partial charge in [-0.05, 0) is 80.0 Å². The lowest BCUT2D eigenvalue weighted by Gasteiger charge is -2.44. The van der Waals surface area contributed by atoms with Crippen LogP contribution in [0.15, 0.2) is 70.0 Å². The number of rotatable bonds is 6. The largest absolute Gasteiger partial charge is 0.438 e. The van der Waals surface area contributed by atoms with Gasteiger partial charge < -0.3 is 19.9 Å². The van der Waals surface area contributed by atoms with E-state index < -0.39 is 56.2 Å². The topological polar surface area (TPSA) is 130 Å². The van der Waals surface area contributed by atoms with Crippen LogP contribution in [0.3, 0.4) is 0 Å². The lowest BCUT2D eigenvalue weighted by Crippen LogP contribution is -2.52. The highest BCUT2D eigenvalue weighted by Crippen LogP contribution is 2.56. The van der Waals surface area contributed by atoms with Crippen LogP contribution >= 0.6 is 11.6 Å². The number of hydrogen-bond acceptors (Lipinski definition) is 7. The molecule has 214 valence electrons. The van der Waals surface area contributed by atoms with E-state index in [0.29, 0.717) is 23.9 Å². The average Bonchev–Trinajstić information content (AvgIpc) is 3.42. The third kappa shape index (κ3) is 4.70. The Bertz CT molecular complexity index is 1730. The van der Waals surface area contributed by atoms with Crippen LogP contribution < -0.4 is 5.32 Å². The fraction of sp³-hybridized carbons (Fsp3) is 0.310. The summed E-state index contributed by atoms with van der Waals surface area (Å²) >= 11 is 6.30. The normalized spacial score (nSPS) is 24.9. The number of amides is 1. The second-order valence-corrected chi connectivity index (χ2v) is 13.3. The molecule has 6 rings (SSSR count). The number of halogens is 3. The summed E-state index contributed by atoms with van der Waals surface area (Å²) in [6.07, 6.45) is -0.297. The van der Waals surface area contributed by atoms with Crippen LogP contribution in [0.5, 0.6) is 0 Å². The smallest absolute Gasteiger partial charge is 0.255 e. The van der Waals surface area contributed by atoms with Gasteiger partial charge in [0.15, 0.2) is 33.2 Å². The molecule has 0 saturated heterocycles. The second kappa shape index (κ2) is 10.2. The predicted molar refractivity (Wildman–Crippen MR) is 146 cm³/mol. The van der Waals surface area contributed by atoms with Gasteiger partial charge >= 0.3 is 0 Å². The molecule has 41 heavy (non-hydrogen) atoms. The van der Waals surface area contributed by atoms with Gasteiger partial charge in [0.2, 0.25) is 5.89 Å². The van der Waals surface area contributed by atoms with Gasteiger partial charge in [0.1, 0.15) is 11.1 Å². The number of fused-ring (bicyclic) bond motifs is 3. The highest BCUT2D eigenvalue weighted by molar-refractivity contribution is 7.92. The number of oxazole rings is 1. The van der Waals surface area contributed by atoms with Gasteiger partial charge in [0.25, 0.3) is 5.91 Å². The highest BCUT2D eigenvalue weighted by Gasteiger charge is 2.60. The molecule has 3 aromatic carbocycles. The summed E-state index contributed by atoms with van der Waals surface area (Å²) in [5.74, 6) is -4.07. The number of nitrogens with one attached hydrogen (secondary N) is 1. The van der Waals surface area contributed by atoms with Crippen molar-refractivity contribution >= 4 is 44.1 Å². The van der Waals surface area contributed by atoms with E-state index in [4.69, 9.17) is 16.0 Å². The maximum absolute atomic E-state index is 13.8. The molecular weight excluding hydrogens is 578 g/mol. The first-order chi connectivity index (χ1) is 19.5. The van der Waals surface area contributed by atoms with Gasteiger partial charge in [-0.25, -0.2) is 22.2 Å². The maximum atomic E-state index is 13.8. The zero-order chi connectivity index (χ0) is 29.1. The van der Waals surface area contributed by atoms with Crippen LogP contribution in [0.25, 0.3) is 11.1 Å². The molecule has 2 bridgehead atoms. The first-order valence-corrected chi connectivity index (χ1v) is 15.0. The fourth-order valence-corrected chi connectivity index (χ4v) is 8.67. The number of aliphatic hydroxyl groups excluding tert-OH is 1. The summed E-state index contributed by atoms with van der Waals surface area (Å²) in [5, 5.41) is 24.4. The molecule has 1 heterocycles. The molecule has 2 aliphatic rings. The van der Waals surface area contributed by atoms with Crippen LogP contribution in [0.2, 0.25) is 5.02 Å². The fourth-order valence-electron chi connectivity index (χ4n) is 6.27. The van der Waals surface area contributed by atoms with Crippen LogP contribution in [-0.4, -0.2) is 40.4 Å². The highest BCUT2D eigenvalue weighted by atomic mass is 35.5. The molecule has 1 amide bonds. The summed E-state index contributed by atoms with van der Waals surface area (Å²) < 4.78 is 60.2. The van der Waals surface area contributed by atoms with E-state index in [0.717, 1.165) is 18.2 Å². The van der Waals surface area contributed by atoms with Gasteiger partial charge in [-0.2, -0.15) is 0 Å². The monoisotopic (exact) mass is 602 g/mol. The number of nitrogens with zero attached hydrogens (tertiary/aromatic N) is 1. The SMILES string of the molecule is O=C(Nc1ccc(F)c(F)c1)c1ccc(Cl)c(S(=O)(=O)[C@@H]2CC3CC[C@@H](C2)[C@@]3(O)C(O)c2nc3ccccc3o2)c1. The Morgan fingerprint density at radius 1 is 1.05 bits per heavy atom. The molecule has 1 aromatic heterocycles. The van der Waals surface area contributed by atoms with E-state index in [-0.39, 0.29) is 39.9 Å². The van der Waals surface area contributed by atoms with Crippen LogP contribution in [-0.2, 0) is 9.84 Å². The van der Waals surface area contributed by atoms with Crippen molar-refractivity contribution in [3.8, 4) is 0 Å². The van der Waals surface area contributed by atoms with E-state index in [2.05, 4.69) is 10.3 Å². The van der Waals surface area contributed by atoms with Crippen LogP contribution in [0.4, 0.5) is 14.5 Å². The van der Waals surface area contributed by atoms with Gasteiger partial charge in [-0.3, -0.25) is 4.79 Å². The number of anilines is 1. The number of para-hydroxylation sites is 2. The summed E-state index contributed by atoms with van der Waals surface area (Å²) in [6.45, 7) is 0. The van der Waals surface area contributed by atoms with Crippen molar-refractivity contribution in [2.75, 3.05) is 5.32 Å². The van der Waals surface area contributed by atoms with Crippen molar-refractivity contribution in [2.24, 2.45) is 11.8 Å². The molecule has 2 unspecified atom stereocenters. The van der Waals surface area contributed by atoms with E-state index in [1.807, 2.05) is 0 Å². The first kappa shape index (κ1) is 27.8. The average molecular weight is 603 g/mol. The molecule has 3 N–H and O–H groups in total. The van der Waals surface area contributed by atoms with Crippen molar-refractivity contribution in [3.05, 3.63) is 88.8 Å². The summed E-state index contributed by atoms with van der Waals surface area (Å²) in [7, 11) is -4.07. The Kier molecular flexibility index (Phi) is 6.88. The summed E-state index contributed by atoms with van der Waals surface area (Å²) in [6, 6.07) is 13.6. The number of carbonyl (C=O) groups excluding carboxylic acids is 1. The third-order valence-corrected chi connectivity index (χ3v) is 11.0. The molecule has 2 fully saturated rings. The first-order valence-electron chi connectivity index (χ1n) is 13.0. The van der Waals surface area contributed by atoms with Gasteiger partial charge in [0.05, 0.1) is 15.2 Å². The standard InChI is InChI=1S/C29H25ClF2N2O6S/c30-20-9-5-15(27(36)33-18-8-10-21(31)22(32)14-18)11-25(20)41(38,39)19-12-16-6-7-17(13-19)29(16,37)26(35)28-34-23-3-1-2-4-24(23)40-28/h1-5,8-11,14,16-17,19,26,35,37H,6-7,12-13H2,(H,33,36)/t16-,17?,19-,26?,29-/m0/s1. The minimum absolute atomic E-state index is 0.00565. The summed E-state index contributed by atoms with van der Waals surface area (Å²) in [4.78, 5) is 16.9. The van der Waals surface area contributed by atoms with Gasteiger partial charge in [-0.1, -0.05) is 23.7 Å². The minimum Gasteiger partial charge on any atom is -0.438 e. The van der Waals surface area contributed by atoms with Crippen molar-refractivity contribution in [1.29, 1.82) is 0 Å². The van der Waals surface area contributed by atoms with Crippen molar-refractivity contribution in [2.45, 2.75) is 47.5 Å². The molecule has 12 heteroatoms. The van der Waals surface area contributed by atoms with Crippen LogP contribution in [0, 0.1) is 23.5 Å². The van der Waals surface area contributed by atoms with Crippen molar-refractivity contribution in [3.63, 3.8) is 0 Å². The Balaban J connectivity index is 1.24. The lowest BCUT2D eigenvalue weighted by atomic mass is 9.71. The molecular formula is C29H25ClF2N2O6S. The maximum Gasteiger partial charge on any atom is 0.255 e. The molecule has 5 atom stereocenters. The number of hydrogen-bond donors (Lipinski definition) is 3. The molecule has 8 nitrogen and oxygen atoms in total. The predicted octanol–water partition coefficient (Wildman–Crippen LogP) is 5.44. The molecule has 0 spiro atoms.